The van der Waals surface area contributed by atoms with E-state index in [1.807, 2.05) is 6.92 Å². The van der Waals surface area contributed by atoms with Gasteiger partial charge in [0, 0.05) is 6.61 Å². The first-order valence-electron chi connectivity index (χ1n) is 3.96. The van der Waals surface area contributed by atoms with E-state index in [-0.39, 0.29) is 6.54 Å². The summed E-state index contributed by atoms with van der Waals surface area (Å²) in [6, 6.07) is 0. The number of ether oxygens (including phenoxy) is 1. The van der Waals surface area contributed by atoms with Crippen molar-refractivity contribution < 1.29 is 9.26 Å². The van der Waals surface area contributed by atoms with Crippen molar-refractivity contribution in [3.05, 3.63) is 11.7 Å². The maximum Gasteiger partial charge on any atom is 0.240 e. The van der Waals surface area contributed by atoms with E-state index in [4.69, 9.17) is 15.0 Å². The molecular weight excluding hydrogens is 158 g/mol. The molecule has 12 heavy (non-hydrogen) atoms. The Morgan fingerprint density at radius 2 is 2.42 bits per heavy atom. The van der Waals surface area contributed by atoms with Crippen molar-refractivity contribution in [1.82, 2.24) is 10.1 Å². The zero-order valence-electron chi connectivity index (χ0n) is 7.12. The van der Waals surface area contributed by atoms with Gasteiger partial charge >= 0.3 is 0 Å². The van der Waals surface area contributed by atoms with Crippen LogP contribution in [0.3, 0.4) is 0 Å². The van der Waals surface area contributed by atoms with Gasteiger partial charge in [-0.05, 0) is 6.42 Å². The molecule has 68 valence electrons. The van der Waals surface area contributed by atoms with Gasteiger partial charge in [-0.3, -0.25) is 0 Å². The minimum atomic E-state index is 0.279. The quantitative estimate of drug-likeness (QED) is 0.651. The van der Waals surface area contributed by atoms with Gasteiger partial charge in [0.25, 0.3) is 0 Å². The monoisotopic (exact) mass is 171 g/mol. The van der Waals surface area contributed by atoms with Crippen molar-refractivity contribution in [2.45, 2.75) is 26.5 Å². The van der Waals surface area contributed by atoms with E-state index in [1.54, 1.807) is 0 Å². The number of hydrogen-bond acceptors (Lipinski definition) is 5. The van der Waals surface area contributed by atoms with Gasteiger partial charge in [0.2, 0.25) is 5.89 Å². The zero-order valence-corrected chi connectivity index (χ0v) is 7.12. The molecule has 0 aliphatic carbocycles. The molecule has 0 saturated carbocycles. The third kappa shape index (κ3) is 2.60. The van der Waals surface area contributed by atoms with Crippen LogP contribution in [0.25, 0.3) is 0 Å². The second-order valence-electron chi connectivity index (χ2n) is 2.36. The molecule has 0 atom stereocenters. The summed E-state index contributed by atoms with van der Waals surface area (Å²) < 4.78 is 9.98. The van der Waals surface area contributed by atoms with Crippen LogP contribution >= 0.6 is 0 Å². The lowest BCUT2D eigenvalue weighted by Crippen LogP contribution is -1.98. The summed E-state index contributed by atoms with van der Waals surface area (Å²) >= 11 is 0. The molecule has 0 saturated heterocycles. The van der Waals surface area contributed by atoms with Crippen LogP contribution in [0, 0.1) is 0 Å². The first-order valence-corrected chi connectivity index (χ1v) is 3.96. The van der Waals surface area contributed by atoms with Gasteiger partial charge in [-0.25, -0.2) is 0 Å². The molecule has 1 rings (SSSR count). The van der Waals surface area contributed by atoms with Crippen molar-refractivity contribution in [3.8, 4) is 0 Å². The van der Waals surface area contributed by atoms with E-state index in [0.717, 1.165) is 6.42 Å². The van der Waals surface area contributed by atoms with Crippen molar-refractivity contribution in [3.63, 3.8) is 0 Å². The molecule has 0 aliphatic heterocycles. The van der Waals surface area contributed by atoms with Crippen LogP contribution in [0.15, 0.2) is 4.52 Å². The van der Waals surface area contributed by atoms with E-state index in [0.29, 0.717) is 24.9 Å². The standard InChI is InChI=1S/C7H13N3O2/c1-2-3-11-5-6-9-7(4-8)12-10-6/h2-5,8H2,1H3. The number of nitrogens with two attached hydrogens (primary N) is 1. The third-order valence-corrected chi connectivity index (χ3v) is 1.26. The SMILES string of the molecule is CCCOCc1noc(CN)n1. The predicted octanol–water partition coefficient (Wildman–Crippen LogP) is 0.455. The lowest BCUT2D eigenvalue weighted by atomic mass is 10.5. The topological polar surface area (TPSA) is 74.2 Å². The van der Waals surface area contributed by atoms with E-state index < -0.39 is 0 Å². The molecule has 0 bridgehead atoms. The highest BCUT2D eigenvalue weighted by molar-refractivity contribution is 4.82. The minimum absolute atomic E-state index is 0.279. The molecule has 0 radical (unpaired) electrons. The third-order valence-electron chi connectivity index (χ3n) is 1.26. The highest BCUT2D eigenvalue weighted by Gasteiger charge is 2.02. The summed E-state index contributed by atoms with van der Waals surface area (Å²) in [7, 11) is 0. The summed E-state index contributed by atoms with van der Waals surface area (Å²) in [5.74, 6) is 1.01. The van der Waals surface area contributed by atoms with Crippen molar-refractivity contribution in [2.75, 3.05) is 6.61 Å². The van der Waals surface area contributed by atoms with Crippen molar-refractivity contribution in [1.29, 1.82) is 0 Å². The Labute approximate surface area is 70.9 Å². The second kappa shape index (κ2) is 4.84. The molecule has 2 N–H and O–H groups in total. The van der Waals surface area contributed by atoms with E-state index >= 15 is 0 Å². The van der Waals surface area contributed by atoms with Crippen LogP contribution in [0.5, 0.6) is 0 Å². The van der Waals surface area contributed by atoms with E-state index in [1.165, 1.54) is 0 Å². The van der Waals surface area contributed by atoms with Crippen LogP contribution < -0.4 is 5.73 Å². The molecule has 1 aromatic rings. The summed E-state index contributed by atoms with van der Waals surface area (Å²) in [6.07, 6.45) is 0.988. The highest BCUT2D eigenvalue weighted by Crippen LogP contribution is 1.97. The molecule has 0 aromatic carbocycles. The molecule has 1 heterocycles. The van der Waals surface area contributed by atoms with Crippen LogP contribution in [-0.4, -0.2) is 16.7 Å². The summed E-state index contributed by atoms with van der Waals surface area (Å²) in [5.41, 5.74) is 5.28. The smallest absolute Gasteiger partial charge is 0.240 e. The predicted molar refractivity (Wildman–Crippen MR) is 42.1 cm³/mol. The zero-order chi connectivity index (χ0) is 8.81. The Morgan fingerprint density at radius 3 is 3.00 bits per heavy atom. The molecule has 0 amide bonds. The molecular formula is C7H13N3O2. The second-order valence-corrected chi connectivity index (χ2v) is 2.36. The first-order chi connectivity index (χ1) is 5.86. The van der Waals surface area contributed by atoms with Crippen molar-refractivity contribution in [2.24, 2.45) is 5.73 Å². The number of nitrogens with zero attached hydrogens (tertiary/aromatic N) is 2. The molecule has 0 fully saturated rings. The van der Waals surface area contributed by atoms with Gasteiger partial charge in [0.1, 0.15) is 6.61 Å². The van der Waals surface area contributed by atoms with Gasteiger partial charge in [-0.2, -0.15) is 4.98 Å². The largest absolute Gasteiger partial charge is 0.373 e. The van der Waals surface area contributed by atoms with E-state index in [2.05, 4.69) is 10.1 Å². The average molecular weight is 171 g/mol. The van der Waals surface area contributed by atoms with Crippen LogP contribution in [0.1, 0.15) is 25.1 Å². The fraction of sp³-hybridized carbons (Fsp3) is 0.714. The molecule has 5 nitrogen and oxygen atoms in total. The Morgan fingerprint density at radius 1 is 1.58 bits per heavy atom. The van der Waals surface area contributed by atoms with Gasteiger partial charge in [-0.15, -0.1) is 0 Å². The highest BCUT2D eigenvalue weighted by atomic mass is 16.5. The molecule has 0 spiro atoms. The Bertz CT molecular complexity index is 224. The molecule has 5 heteroatoms. The molecule has 1 aromatic heterocycles. The lowest BCUT2D eigenvalue weighted by molar-refractivity contribution is 0.114. The number of aromatic nitrogens is 2. The van der Waals surface area contributed by atoms with Gasteiger partial charge in [-0.1, -0.05) is 12.1 Å². The maximum absolute atomic E-state index is 5.28. The fourth-order valence-corrected chi connectivity index (χ4v) is 0.739. The summed E-state index contributed by atoms with van der Waals surface area (Å²) in [4.78, 5) is 3.97. The molecule has 0 unspecified atom stereocenters. The van der Waals surface area contributed by atoms with Gasteiger partial charge < -0.3 is 15.0 Å². The van der Waals surface area contributed by atoms with Crippen molar-refractivity contribution >= 4 is 0 Å². The van der Waals surface area contributed by atoms with E-state index in [9.17, 15) is 0 Å². The summed E-state index contributed by atoms with van der Waals surface area (Å²) in [6.45, 7) is 3.44. The maximum atomic E-state index is 5.28. The Balaban J connectivity index is 2.31. The average Bonchev–Trinajstić information content (AvgIpc) is 2.53. The fourth-order valence-electron chi connectivity index (χ4n) is 0.739. The number of rotatable bonds is 5. The first kappa shape index (κ1) is 9.15. The lowest BCUT2D eigenvalue weighted by Gasteiger charge is -1.95. The van der Waals surface area contributed by atoms with Gasteiger partial charge in [0.15, 0.2) is 5.82 Å². The van der Waals surface area contributed by atoms with Crippen LogP contribution in [0.2, 0.25) is 0 Å². The minimum Gasteiger partial charge on any atom is -0.373 e. The Kier molecular flexibility index (Phi) is 3.69. The molecule has 0 aliphatic rings. The summed E-state index contributed by atoms with van der Waals surface area (Å²) in [5, 5.41) is 3.67. The van der Waals surface area contributed by atoms with Crippen LogP contribution in [0.4, 0.5) is 0 Å². The van der Waals surface area contributed by atoms with Crippen LogP contribution in [-0.2, 0) is 17.9 Å². The Hall–Kier alpha value is -0.940. The number of hydrogen-bond donors (Lipinski definition) is 1. The normalized spacial score (nSPS) is 10.5. The van der Waals surface area contributed by atoms with Gasteiger partial charge in [0.05, 0.1) is 6.54 Å².